The van der Waals surface area contributed by atoms with Gasteiger partial charge in [0.15, 0.2) is 0 Å². The van der Waals surface area contributed by atoms with Crippen LogP contribution in [0.25, 0.3) is 0 Å². The van der Waals surface area contributed by atoms with Gasteiger partial charge in [-0.25, -0.2) is 0 Å². The van der Waals surface area contributed by atoms with Gasteiger partial charge in [-0.15, -0.1) is 11.8 Å². The zero-order chi connectivity index (χ0) is 13.7. The van der Waals surface area contributed by atoms with Crippen molar-refractivity contribution >= 4 is 17.5 Å². The fourth-order valence-electron chi connectivity index (χ4n) is 1.91. The predicted molar refractivity (Wildman–Crippen MR) is 82.5 cm³/mol. The molecule has 2 rings (SSSR count). The quantitative estimate of drug-likeness (QED) is 0.796. The number of thioether (sulfide) groups is 1. The monoisotopic (exact) mass is 270 g/mol. The average Bonchev–Trinajstić information content (AvgIpc) is 2.46. The molecule has 0 bridgehead atoms. The summed E-state index contributed by atoms with van der Waals surface area (Å²) in [6.07, 6.45) is 0. The molecule has 0 aliphatic rings. The Morgan fingerprint density at radius 2 is 1.32 bits per heavy atom. The summed E-state index contributed by atoms with van der Waals surface area (Å²) in [5.41, 5.74) is 2.48. The lowest BCUT2D eigenvalue weighted by Crippen LogP contribution is -2.11. The minimum absolute atomic E-state index is 0.00501. The Bertz CT molecular complexity index is 482. The Balaban J connectivity index is 2.32. The first-order valence-corrected chi connectivity index (χ1v) is 7.38. The highest BCUT2D eigenvalue weighted by molar-refractivity contribution is 8.01. The van der Waals surface area contributed by atoms with Crippen molar-refractivity contribution in [1.29, 1.82) is 0 Å². The van der Waals surface area contributed by atoms with E-state index in [1.54, 1.807) is 18.7 Å². The molecule has 2 aromatic rings. The van der Waals surface area contributed by atoms with E-state index in [1.165, 1.54) is 11.1 Å². The van der Waals surface area contributed by atoms with Crippen LogP contribution in [0.15, 0.2) is 60.7 Å². The number of benzene rings is 2. The average molecular weight is 270 g/mol. The number of carbonyl (C=O) groups excluding carboxylic acids is 1. The van der Waals surface area contributed by atoms with Crippen LogP contribution >= 0.6 is 11.8 Å². The van der Waals surface area contributed by atoms with Gasteiger partial charge in [0.25, 0.3) is 0 Å². The molecule has 2 aromatic carbocycles. The summed E-state index contributed by atoms with van der Waals surface area (Å²) in [6.45, 7) is 3.64. The maximum atomic E-state index is 11.5. The van der Waals surface area contributed by atoms with Crippen LogP contribution in [0.1, 0.15) is 30.2 Å². The van der Waals surface area contributed by atoms with Gasteiger partial charge < -0.3 is 0 Å². The van der Waals surface area contributed by atoms with Crippen LogP contribution in [-0.2, 0) is 4.79 Å². The van der Waals surface area contributed by atoms with Gasteiger partial charge in [-0.1, -0.05) is 60.7 Å². The minimum atomic E-state index is 0.00501. The number of rotatable bonds is 5. The largest absolute Gasteiger partial charge is 0.299 e. The van der Waals surface area contributed by atoms with Crippen LogP contribution in [0.3, 0.4) is 0 Å². The van der Waals surface area contributed by atoms with Crippen LogP contribution < -0.4 is 0 Å². The molecular weight excluding hydrogens is 252 g/mol. The standard InChI is InChI=1S/C17H18OS/c1-13(18)14(2)19-17(15-9-5-3-6-10-15)16-11-7-4-8-12-16/h3-12,14,17H,1-2H3. The van der Waals surface area contributed by atoms with E-state index in [1.807, 2.05) is 43.3 Å². The third-order valence-corrected chi connectivity index (χ3v) is 4.67. The second-order valence-electron chi connectivity index (χ2n) is 4.59. The van der Waals surface area contributed by atoms with Crippen LogP contribution in [0.4, 0.5) is 0 Å². The second-order valence-corrected chi connectivity index (χ2v) is 6.04. The van der Waals surface area contributed by atoms with Gasteiger partial charge in [0.05, 0.1) is 10.5 Å². The Morgan fingerprint density at radius 1 is 0.895 bits per heavy atom. The first kappa shape index (κ1) is 13.9. The number of carbonyl (C=O) groups is 1. The van der Waals surface area contributed by atoms with E-state index >= 15 is 0 Å². The van der Waals surface area contributed by atoms with E-state index in [-0.39, 0.29) is 16.3 Å². The van der Waals surface area contributed by atoms with Crippen molar-refractivity contribution in [3.63, 3.8) is 0 Å². The van der Waals surface area contributed by atoms with Crippen LogP contribution in [0, 0.1) is 0 Å². The van der Waals surface area contributed by atoms with Crippen molar-refractivity contribution < 1.29 is 4.79 Å². The van der Waals surface area contributed by atoms with Crippen molar-refractivity contribution in [2.75, 3.05) is 0 Å². The molecule has 0 radical (unpaired) electrons. The Morgan fingerprint density at radius 3 is 1.68 bits per heavy atom. The Hall–Kier alpha value is -1.54. The van der Waals surface area contributed by atoms with E-state index in [9.17, 15) is 4.79 Å². The summed E-state index contributed by atoms with van der Waals surface area (Å²) in [6, 6.07) is 20.7. The van der Waals surface area contributed by atoms with E-state index < -0.39 is 0 Å². The lowest BCUT2D eigenvalue weighted by atomic mass is 10.0. The zero-order valence-corrected chi connectivity index (χ0v) is 12.1. The summed E-state index contributed by atoms with van der Waals surface area (Å²) in [5, 5.41) is 0.215. The molecule has 1 nitrogen and oxygen atoms in total. The first-order chi connectivity index (χ1) is 9.18. The van der Waals surface area contributed by atoms with Crippen molar-refractivity contribution in [2.24, 2.45) is 0 Å². The summed E-state index contributed by atoms with van der Waals surface area (Å²) < 4.78 is 0. The molecule has 0 saturated heterocycles. The molecule has 0 fully saturated rings. The molecular formula is C17H18OS. The molecule has 0 heterocycles. The maximum Gasteiger partial charge on any atom is 0.142 e. The molecule has 0 aliphatic carbocycles. The molecule has 0 aliphatic heterocycles. The molecule has 0 aromatic heterocycles. The topological polar surface area (TPSA) is 17.1 Å². The third-order valence-electron chi connectivity index (χ3n) is 3.12. The highest BCUT2D eigenvalue weighted by atomic mass is 32.2. The number of hydrogen-bond donors (Lipinski definition) is 0. The normalized spacial score (nSPS) is 12.4. The van der Waals surface area contributed by atoms with Gasteiger partial charge in [-0.05, 0) is 25.0 Å². The van der Waals surface area contributed by atoms with Gasteiger partial charge in [0.1, 0.15) is 5.78 Å². The molecule has 0 N–H and O–H groups in total. The predicted octanol–water partition coefficient (Wildman–Crippen LogP) is 4.49. The van der Waals surface area contributed by atoms with Gasteiger partial charge >= 0.3 is 0 Å². The highest BCUT2D eigenvalue weighted by Crippen LogP contribution is 2.38. The summed E-state index contributed by atoms with van der Waals surface area (Å²) in [4.78, 5) is 11.5. The molecule has 0 spiro atoms. The maximum absolute atomic E-state index is 11.5. The molecule has 0 saturated carbocycles. The summed E-state index contributed by atoms with van der Waals surface area (Å²) in [5.74, 6) is 0.224. The fourth-order valence-corrected chi connectivity index (χ4v) is 3.13. The molecule has 1 unspecified atom stereocenters. The van der Waals surface area contributed by atoms with E-state index in [4.69, 9.17) is 0 Å². The SMILES string of the molecule is CC(=O)C(C)SC(c1ccccc1)c1ccccc1. The highest BCUT2D eigenvalue weighted by Gasteiger charge is 2.19. The van der Waals surface area contributed by atoms with Crippen molar-refractivity contribution in [2.45, 2.75) is 24.3 Å². The Labute approximate surface area is 119 Å². The number of ketones is 1. The molecule has 0 amide bonds. The zero-order valence-electron chi connectivity index (χ0n) is 11.2. The van der Waals surface area contributed by atoms with Crippen molar-refractivity contribution in [3.8, 4) is 0 Å². The van der Waals surface area contributed by atoms with Crippen LogP contribution in [0.2, 0.25) is 0 Å². The first-order valence-electron chi connectivity index (χ1n) is 6.44. The van der Waals surface area contributed by atoms with Crippen molar-refractivity contribution in [3.05, 3.63) is 71.8 Å². The second kappa shape index (κ2) is 6.58. The van der Waals surface area contributed by atoms with E-state index in [2.05, 4.69) is 24.3 Å². The Kier molecular flexibility index (Phi) is 4.80. The van der Waals surface area contributed by atoms with Gasteiger partial charge in [0.2, 0.25) is 0 Å². The van der Waals surface area contributed by atoms with Crippen molar-refractivity contribution in [1.82, 2.24) is 0 Å². The lowest BCUT2D eigenvalue weighted by molar-refractivity contribution is -0.116. The molecule has 1 atom stereocenters. The molecule has 98 valence electrons. The van der Waals surface area contributed by atoms with E-state index in [0.29, 0.717) is 0 Å². The van der Waals surface area contributed by atoms with Gasteiger partial charge in [-0.3, -0.25) is 4.79 Å². The number of hydrogen-bond acceptors (Lipinski definition) is 2. The molecule has 19 heavy (non-hydrogen) atoms. The van der Waals surface area contributed by atoms with E-state index in [0.717, 1.165) is 0 Å². The summed E-state index contributed by atoms with van der Waals surface area (Å²) in [7, 11) is 0. The fraction of sp³-hybridized carbons (Fsp3) is 0.235. The molecule has 2 heteroatoms. The lowest BCUT2D eigenvalue weighted by Gasteiger charge is -2.20. The number of Topliss-reactive ketones (excluding diaryl/α,β-unsaturated/α-hetero) is 1. The minimum Gasteiger partial charge on any atom is -0.299 e. The van der Waals surface area contributed by atoms with Crippen LogP contribution in [0.5, 0.6) is 0 Å². The third kappa shape index (κ3) is 3.71. The smallest absolute Gasteiger partial charge is 0.142 e. The van der Waals surface area contributed by atoms with Gasteiger partial charge in [-0.2, -0.15) is 0 Å². The van der Waals surface area contributed by atoms with Gasteiger partial charge in [0, 0.05) is 0 Å². The summed E-state index contributed by atoms with van der Waals surface area (Å²) >= 11 is 1.71. The van der Waals surface area contributed by atoms with Crippen LogP contribution in [-0.4, -0.2) is 11.0 Å².